The zero-order valence-electron chi connectivity index (χ0n) is 14.5. The van der Waals surface area contributed by atoms with E-state index >= 15 is 0 Å². The molecular weight excluding hydrogens is 372 g/mol. The summed E-state index contributed by atoms with van der Waals surface area (Å²) in [5.41, 5.74) is 4.31. The van der Waals surface area contributed by atoms with Crippen LogP contribution in [0.2, 0.25) is 5.02 Å². The number of rotatable bonds is 5. The number of ether oxygens (including phenoxy) is 2. The Kier molecular flexibility index (Phi) is 5.44. The van der Waals surface area contributed by atoms with Crippen LogP contribution < -0.4 is 14.9 Å². The summed E-state index contributed by atoms with van der Waals surface area (Å²) in [6.45, 7) is 2.00. The van der Waals surface area contributed by atoms with Crippen molar-refractivity contribution in [2.45, 2.75) is 6.92 Å². The molecule has 0 bridgehead atoms. The smallest absolute Gasteiger partial charge is 0.283 e. The lowest BCUT2D eigenvalue weighted by Gasteiger charge is -2.06. The number of aryl methyl sites for hydroxylation is 1. The molecule has 7 heteroatoms. The van der Waals surface area contributed by atoms with Gasteiger partial charge in [0.05, 0.1) is 25.5 Å². The molecule has 0 atom stereocenters. The van der Waals surface area contributed by atoms with Crippen molar-refractivity contribution in [1.82, 2.24) is 5.43 Å². The second-order valence-electron chi connectivity index (χ2n) is 5.55. The molecule has 0 spiro atoms. The van der Waals surface area contributed by atoms with Gasteiger partial charge in [0.25, 0.3) is 5.91 Å². The maximum Gasteiger partial charge on any atom is 0.283 e. The number of methoxy groups -OCH3 is 2. The highest BCUT2D eigenvalue weighted by Crippen LogP contribution is 2.35. The maximum atomic E-state index is 12.4. The van der Waals surface area contributed by atoms with E-state index in [0.29, 0.717) is 27.0 Å². The predicted octanol–water partition coefficient (Wildman–Crippen LogP) is 4.64. The molecule has 3 aromatic rings. The first-order chi connectivity index (χ1) is 12.5. The summed E-state index contributed by atoms with van der Waals surface area (Å²) in [6.07, 6.45) is 1.50. The Morgan fingerprint density at radius 2 is 2.00 bits per heavy atom. The molecule has 0 saturated heterocycles. The van der Waals surface area contributed by atoms with E-state index < -0.39 is 0 Å². The first-order valence-electron chi connectivity index (χ1n) is 7.77. The Balaban J connectivity index is 1.81. The van der Waals surface area contributed by atoms with Crippen LogP contribution in [0.5, 0.6) is 11.5 Å². The van der Waals surface area contributed by atoms with Crippen molar-refractivity contribution in [3.8, 4) is 11.5 Å². The van der Waals surface area contributed by atoms with E-state index in [1.165, 1.54) is 17.6 Å². The minimum Gasteiger partial charge on any atom is -0.497 e. The molecule has 0 aliphatic rings. The number of carbonyl (C=O) groups is 1. The predicted molar refractivity (Wildman–Crippen MR) is 106 cm³/mol. The van der Waals surface area contributed by atoms with E-state index in [4.69, 9.17) is 21.1 Å². The number of nitrogens with zero attached hydrogens (tertiary/aromatic N) is 1. The number of fused-ring (bicyclic) bond motifs is 1. The van der Waals surface area contributed by atoms with Crippen molar-refractivity contribution < 1.29 is 14.3 Å². The molecule has 1 N–H and O–H groups in total. The van der Waals surface area contributed by atoms with Gasteiger partial charge in [-0.15, -0.1) is 11.3 Å². The summed E-state index contributed by atoms with van der Waals surface area (Å²) in [5.74, 6) is 0.938. The fraction of sp³-hybridized carbons (Fsp3) is 0.158. The molecule has 134 valence electrons. The van der Waals surface area contributed by atoms with Gasteiger partial charge in [0.1, 0.15) is 16.4 Å². The molecule has 5 nitrogen and oxygen atoms in total. The average Bonchev–Trinajstić information content (AvgIpc) is 2.97. The molecular formula is C19H17ClN2O3S. The van der Waals surface area contributed by atoms with Gasteiger partial charge in [-0.1, -0.05) is 23.7 Å². The van der Waals surface area contributed by atoms with Crippen molar-refractivity contribution in [3.05, 3.63) is 57.4 Å². The van der Waals surface area contributed by atoms with Gasteiger partial charge in [0.15, 0.2) is 0 Å². The number of hydrazone groups is 1. The topological polar surface area (TPSA) is 59.9 Å². The monoisotopic (exact) mass is 388 g/mol. The van der Waals surface area contributed by atoms with E-state index in [9.17, 15) is 4.79 Å². The molecule has 0 aliphatic heterocycles. The van der Waals surface area contributed by atoms with Crippen LogP contribution in [0.3, 0.4) is 0 Å². The zero-order chi connectivity index (χ0) is 18.7. The maximum absolute atomic E-state index is 12.4. The fourth-order valence-corrected chi connectivity index (χ4v) is 3.98. The molecule has 26 heavy (non-hydrogen) atoms. The van der Waals surface area contributed by atoms with Gasteiger partial charge in [0.2, 0.25) is 0 Å². The molecule has 1 heterocycles. The van der Waals surface area contributed by atoms with Crippen molar-refractivity contribution in [2.24, 2.45) is 5.10 Å². The van der Waals surface area contributed by atoms with Crippen molar-refractivity contribution >= 4 is 45.1 Å². The second kappa shape index (κ2) is 7.76. The van der Waals surface area contributed by atoms with Crippen LogP contribution in [0.1, 0.15) is 20.8 Å². The molecule has 3 rings (SSSR count). The first-order valence-corrected chi connectivity index (χ1v) is 8.97. The van der Waals surface area contributed by atoms with Gasteiger partial charge in [-0.3, -0.25) is 4.79 Å². The summed E-state index contributed by atoms with van der Waals surface area (Å²) in [5, 5.41) is 5.33. The Labute approximate surface area is 160 Å². The largest absolute Gasteiger partial charge is 0.497 e. The van der Waals surface area contributed by atoms with Crippen LogP contribution in [0.4, 0.5) is 0 Å². The van der Waals surface area contributed by atoms with Gasteiger partial charge in [0, 0.05) is 15.6 Å². The van der Waals surface area contributed by atoms with Crippen molar-refractivity contribution in [3.63, 3.8) is 0 Å². The number of amides is 1. The van der Waals surface area contributed by atoms with Crippen LogP contribution in [0, 0.1) is 6.92 Å². The molecule has 0 aliphatic carbocycles. The van der Waals surface area contributed by atoms with Gasteiger partial charge in [-0.2, -0.15) is 5.10 Å². The average molecular weight is 389 g/mol. The molecule has 1 amide bonds. The van der Waals surface area contributed by atoms with Gasteiger partial charge >= 0.3 is 0 Å². The number of benzene rings is 2. The summed E-state index contributed by atoms with van der Waals surface area (Å²) >= 11 is 7.69. The SMILES string of the molecule is COc1ccc(OC)c(/C=N/NC(=O)c2sc3cc(C)ccc3c2Cl)c1. The van der Waals surface area contributed by atoms with E-state index in [1.807, 2.05) is 25.1 Å². The Morgan fingerprint density at radius 3 is 2.73 bits per heavy atom. The summed E-state index contributed by atoms with van der Waals surface area (Å²) in [7, 11) is 3.15. The van der Waals surface area contributed by atoms with Gasteiger partial charge in [-0.25, -0.2) is 5.43 Å². The third-order valence-electron chi connectivity index (χ3n) is 3.80. The lowest BCUT2D eigenvalue weighted by atomic mass is 10.2. The Hall–Kier alpha value is -2.57. The third-order valence-corrected chi connectivity index (χ3v) is 5.45. The fourth-order valence-electron chi connectivity index (χ4n) is 2.47. The number of hydrogen-bond donors (Lipinski definition) is 1. The summed E-state index contributed by atoms with van der Waals surface area (Å²) in [4.78, 5) is 12.9. The highest BCUT2D eigenvalue weighted by molar-refractivity contribution is 7.21. The van der Waals surface area contributed by atoms with Gasteiger partial charge in [-0.05, 0) is 36.8 Å². The normalized spacial score (nSPS) is 11.1. The molecule has 0 fully saturated rings. The number of carbonyl (C=O) groups excluding carboxylic acids is 1. The molecule has 0 unspecified atom stereocenters. The van der Waals surface area contributed by atoms with Crippen molar-refractivity contribution in [1.29, 1.82) is 0 Å². The van der Waals surface area contributed by atoms with Crippen molar-refractivity contribution in [2.75, 3.05) is 14.2 Å². The quantitative estimate of drug-likeness (QED) is 0.511. The molecule has 1 aromatic heterocycles. The molecule has 2 aromatic carbocycles. The van der Waals surface area contributed by atoms with Crippen LogP contribution in [-0.2, 0) is 0 Å². The third kappa shape index (κ3) is 3.66. The van der Waals surface area contributed by atoms with Crippen LogP contribution >= 0.6 is 22.9 Å². The van der Waals surface area contributed by atoms with E-state index in [2.05, 4.69) is 10.5 Å². The van der Waals surface area contributed by atoms with Crippen LogP contribution in [-0.4, -0.2) is 26.3 Å². The first kappa shape index (κ1) is 18.2. The lowest BCUT2D eigenvalue weighted by molar-refractivity contribution is 0.0959. The number of thiophene rings is 1. The number of hydrogen-bond acceptors (Lipinski definition) is 5. The minimum atomic E-state index is -0.355. The zero-order valence-corrected chi connectivity index (χ0v) is 16.1. The highest BCUT2D eigenvalue weighted by Gasteiger charge is 2.16. The highest BCUT2D eigenvalue weighted by atomic mass is 35.5. The molecule has 0 saturated carbocycles. The Bertz CT molecular complexity index is 998. The number of nitrogens with one attached hydrogen (secondary N) is 1. The second-order valence-corrected chi connectivity index (χ2v) is 6.98. The van der Waals surface area contributed by atoms with Gasteiger partial charge < -0.3 is 9.47 Å². The van der Waals surface area contributed by atoms with E-state index in [-0.39, 0.29) is 5.91 Å². The summed E-state index contributed by atoms with van der Waals surface area (Å²) < 4.78 is 11.4. The molecule has 0 radical (unpaired) electrons. The number of halogens is 1. The lowest BCUT2D eigenvalue weighted by Crippen LogP contribution is -2.16. The van der Waals surface area contributed by atoms with E-state index in [0.717, 1.165) is 15.6 Å². The standard InChI is InChI=1S/C19H17ClN2O3S/c1-11-4-6-14-16(8-11)26-18(17(14)20)19(23)22-21-10-12-9-13(24-2)5-7-15(12)25-3/h4-10H,1-3H3,(H,22,23)/b21-10+. The van der Waals surface area contributed by atoms with Crippen LogP contribution in [0.25, 0.3) is 10.1 Å². The minimum absolute atomic E-state index is 0.355. The summed E-state index contributed by atoms with van der Waals surface area (Å²) in [6, 6.07) is 11.2. The van der Waals surface area contributed by atoms with E-state index in [1.54, 1.807) is 32.4 Å². The van der Waals surface area contributed by atoms with Crippen LogP contribution in [0.15, 0.2) is 41.5 Å². The Morgan fingerprint density at radius 1 is 1.19 bits per heavy atom.